The number of guanidine groups is 1. The van der Waals surface area contributed by atoms with Gasteiger partial charge in [0.15, 0.2) is 5.96 Å². The molecule has 5 nitrogen and oxygen atoms in total. The van der Waals surface area contributed by atoms with Crippen LogP contribution in [0, 0.1) is 6.92 Å². The fourth-order valence-corrected chi connectivity index (χ4v) is 3.69. The third-order valence-electron chi connectivity index (χ3n) is 4.58. The average Bonchev–Trinajstić information content (AvgIpc) is 3.18. The molecule has 3 rings (SSSR count). The van der Waals surface area contributed by atoms with Crippen LogP contribution in [0.2, 0.25) is 0 Å². The summed E-state index contributed by atoms with van der Waals surface area (Å²) in [5, 5.41) is 9.95. The van der Waals surface area contributed by atoms with E-state index >= 15 is 0 Å². The maximum Gasteiger partial charge on any atom is 0.191 e. The lowest BCUT2D eigenvalue weighted by molar-refractivity contribution is 0.106. The third kappa shape index (κ3) is 7.28. The maximum absolute atomic E-state index is 5.93. The molecule has 1 heterocycles. The second kappa shape index (κ2) is 12.1. The first-order valence-electron chi connectivity index (χ1n) is 10.4. The summed E-state index contributed by atoms with van der Waals surface area (Å²) in [6, 6.07) is 18.6. The van der Waals surface area contributed by atoms with Crippen LogP contribution < -0.4 is 10.6 Å². The van der Waals surface area contributed by atoms with E-state index in [0.717, 1.165) is 36.2 Å². The van der Waals surface area contributed by atoms with Crippen molar-refractivity contribution in [3.63, 3.8) is 0 Å². The number of nitrogens with zero attached hydrogens (tertiary/aromatic N) is 2. The molecular weight excluding hydrogens is 392 g/mol. The van der Waals surface area contributed by atoms with Crippen LogP contribution in [0.15, 0.2) is 65.0 Å². The minimum Gasteiger partial charge on any atom is -0.372 e. The molecule has 158 valence electrons. The molecule has 2 aromatic carbocycles. The highest BCUT2D eigenvalue weighted by Crippen LogP contribution is 2.13. The van der Waals surface area contributed by atoms with Crippen LogP contribution in [0.3, 0.4) is 0 Å². The number of aromatic nitrogens is 1. The van der Waals surface area contributed by atoms with Crippen molar-refractivity contribution in [2.45, 2.75) is 40.0 Å². The van der Waals surface area contributed by atoms with Crippen LogP contribution in [0.1, 0.15) is 34.3 Å². The number of thiazole rings is 1. The molecule has 0 aliphatic heterocycles. The van der Waals surface area contributed by atoms with E-state index in [0.29, 0.717) is 19.8 Å². The van der Waals surface area contributed by atoms with Crippen LogP contribution >= 0.6 is 11.3 Å². The highest BCUT2D eigenvalue weighted by Gasteiger charge is 2.04. The Morgan fingerprint density at radius 3 is 2.50 bits per heavy atom. The smallest absolute Gasteiger partial charge is 0.191 e. The Bertz CT molecular complexity index is 924. The van der Waals surface area contributed by atoms with Gasteiger partial charge in [-0.05, 0) is 30.5 Å². The van der Waals surface area contributed by atoms with Crippen molar-refractivity contribution in [2.24, 2.45) is 4.99 Å². The van der Waals surface area contributed by atoms with E-state index in [1.54, 1.807) is 11.3 Å². The monoisotopic (exact) mass is 422 g/mol. The quantitative estimate of drug-likeness (QED) is 0.374. The van der Waals surface area contributed by atoms with Gasteiger partial charge >= 0.3 is 0 Å². The molecule has 0 bridgehead atoms. The zero-order valence-electron chi connectivity index (χ0n) is 17.7. The van der Waals surface area contributed by atoms with Crippen LogP contribution in [0.25, 0.3) is 0 Å². The third-order valence-corrected chi connectivity index (χ3v) is 5.40. The molecule has 2 N–H and O–H groups in total. The van der Waals surface area contributed by atoms with Gasteiger partial charge in [-0.2, -0.15) is 0 Å². The number of rotatable bonds is 10. The summed E-state index contributed by atoms with van der Waals surface area (Å²) in [7, 11) is 0. The van der Waals surface area contributed by atoms with Crippen molar-refractivity contribution in [3.05, 3.63) is 87.4 Å². The number of hydrogen-bond acceptors (Lipinski definition) is 4. The van der Waals surface area contributed by atoms with Gasteiger partial charge in [0.05, 0.1) is 30.5 Å². The number of aryl methyl sites for hydroxylation is 1. The molecule has 0 unspecified atom stereocenters. The van der Waals surface area contributed by atoms with E-state index < -0.39 is 0 Å². The van der Waals surface area contributed by atoms with Crippen molar-refractivity contribution in [1.82, 2.24) is 15.6 Å². The van der Waals surface area contributed by atoms with Crippen LogP contribution in [-0.4, -0.2) is 24.0 Å². The van der Waals surface area contributed by atoms with E-state index in [2.05, 4.69) is 58.3 Å². The lowest BCUT2D eigenvalue weighted by Crippen LogP contribution is -2.38. The zero-order chi connectivity index (χ0) is 21.0. The molecule has 3 aromatic rings. The lowest BCUT2D eigenvalue weighted by atomic mass is 10.1. The second-order valence-corrected chi connectivity index (χ2v) is 8.04. The molecule has 6 heteroatoms. The molecule has 0 saturated heterocycles. The van der Waals surface area contributed by atoms with Gasteiger partial charge in [-0.15, -0.1) is 11.3 Å². The Labute approximate surface area is 183 Å². The number of aliphatic imine (C=N–C) groups is 1. The molecule has 0 aliphatic carbocycles. The second-order valence-electron chi connectivity index (χ2n) is 6.98. The Kier molecular flexibility index (Phi) is 8.87. The highest BCUT2D eigenvalue weighted by molar-refractivity contribution is 7.09. The summed E-state index contributed by atoms with van der Waals surface area (Å²) in [5.41, 5.74) is 4.66. The maximum atomic E-state index is 5.93. The van der Waals surface area contributed by atoms with Gasteiger partial charge in [-0.25, -0.2) is 9.98 Å². The van der Waals surface area contributed by atoms with Gasteiger partial charge in [0.25, 0.3) is 0 Å². The summed E-state index contributed by atoms with van der Waals surface area (Å²) in [5.74, 6) is 0.824. The van der Waals surface area contributed by atoms with Gasteiger partial charge in [-0.1, -0.05) is 54.6 Å². The summed E-state index contributed by atoms with van der Waals surface area (Å²) >= 11 is 1.69. The summed E-state index contributed by atoms with van der Waals surface area (Å²) in [6.07, 6.45) is 0.888. The number of hydrogen-bond donors (Lipinski definition) is 2. The highest BCUT2D eigenvalue weighted by atomic mass is 32.1. The van der Waals surface area contributed by atoms with Gasteiger partial charge in [0, 0.05) is 24.9 Å². The summed E-state index contributed by atoms with van der Waals surface area (Å²) in [4.78, 5) is 9.28. The number of ether oxygens (including phenoxy) is 1. The van der Waals surface area contributed by atoms with E-state index in [4.69, 9.17) is 9.73 Å². The molecule has 0 saturated carbocycles. The normalized spacial score (nSPS) is 11.5. The van der Waals surface area contributed by atoms with E-state index in [1.165, 1.54) is 16.7 Å². The van der Waals surface area contributed by atoms with E-state index in [9.17, 15) is 0 Å². The lowest BCUT2D eigenvalue weighted by Gasteiger charge is -2.12. The van der Waals surface area contributed by atoms with Crippen molar-refractivity contribution < 1.29 is 4.74 Å². The number of nitrogens with one attached hydrogen (secondary N) is 2. The van der Waals surface area contributed by atoms with Crippen molar-refractivity contribution >= 4 is 17.3 Å². The van der Waals surface area contributed by atoms with E-state index in [1.807, 2.05) is 31.2 Å². The standard InChI is InChI=1S/C24H30N4OS/c1-3-25-24(26-14-13-23-18-30-19(2)28-23)27-15-21-11-7-8-12-22(21)17-29-16-20-9-5-4-6-10-20/h4-12,18H,3,13-17H2,1-2H3,(H2,25,26,27). The number of benzene rings is 2. The van der Waals surface area contributed by atoms with Gasteiger partial charge in [0.2, 0.25) is 0 Å². The van der Waals surface area contributed by atoms with Gasteiger partial charge in [-0.3, -0.25) is 0 Å². The molecule has 0 aliphatic rings. The van der Waals surface area contributed by atoms with Crippen molar-refractivity contribution in [2.75, 3.05) is 13.1 Å². The van der Waals surface area contributed by atoms with Crippen LogP contribution in [-0.2, 0) is 30.9 Å². The van der Waals surface area contributed by atoms with Gasteiger partial charge < -0.3 is 15.4 Å². The summed E-state index contributed by atoms with van der Waals surface area (Å²) < 4.78 is 5.93. The minimum atomic E-state index is 0.577. The van der Waals surface area contributed by atoms with E-state index in [-0.39, 0.29) is 0 Å². The van der Waals surface area contributed by atoms with Crippen molar-refractivity contribution in [3.8, 4) is 0 Å². The SMILES string of the molecule is CCNC(=NCc1ccccc1COCc1ccccc1)NCCc1csc(C)n1. The zero-order valence-corrected chi connectivity index (χ0v) is 18.5. The van der Waals surface area contributed by atoms with Crippen LogP contribution in [0.5, 0.6) is 0 Å². The van der Waals surface area contributed by atoms with Crippen molar-refractivity contribution in [1.29, 1.82) is 0 Å². The first-order chi connectivity index (χ1) is 14.7. The Morgan fingerprint density at radius 2 is 1.77 bits per heavy atom. The predicted molar refractivity (Wildman–Crippen MR) is 125 cm³/mol. The Hall–Kier alpha value is -2.70. The molecule has 0 fully saturated rings. The molecule has 1 aromatic heterocycles. The molecule has 30 heavy (non-hydrogen) atoms. The Balaban J connectivity index is 1.53. The minimum absolute atomic E-state index is 0.577. The predicted octanol–water partition coefficient (Wildman–Crippen LogP) is 4.47. The first kappa shape index (κ1) is 22.0. The molecule has 0 amide bonds. The summed E-state index contributed by atoms with van der Waals surface area (Å²) in [6.45, 7) is 7.53. The molecule has 0 spiro atoms. The average molecular weight is 423 g/mol. The molecule has 0 radical (unpaired) electrons. The Morgan fingerprint density at radius 1 is 1.00 bits per heavy atom. The molecular formula is C24H30N4OS. The van der Waals surface area contributed by atoms with Crippen LogP contribution in [0.4, 0.5) is 0 Å². The fraction of sp³-hybridized carbons (Fsp3) is 0.333. The van der Waals surface area contributed by atoms with Gasteiger partial charge in [0.1, 0.15) is 0 Å². The fourth-order valence-electron chi connectivity index (χ4n) is 3.04. The largest absolute Gasteiger partial charge is 0.372 e. The topological polar surface area (TPSA) is 58.5 Å². The first-order valence-corrected chi connectivity index (χ1v) is 11.2. The molecule has 0 atom stereocenters.